The highest BCUT2D eigenvalue weighted by Gasteiger charge is 2.10. The summed E-state index contributed by atoms with van der Waals surface area (Å²) in [7, 11) is 0. The molecule has 80 valence electrons. The lowest BCUT2D eigenvalue weighted by molar-refractivity contribution is -0.110. The highest BCUT2D eigenvalue weighted by atomic mass is 79.9. The van der Waals surface area contributed by atoms with Gasteiger partial charge >= 0.3 is 0 Å². The van der Waals surface area contributed by atoms with Crippen molar-refractivity contribution < 1.29 is 14.4 Å². The Balaban J connectivity index is 2.99. The van der Waals surface area contributed by atoms with Crippen LogP contribution in [0.5, 0.6) is 0 Å². The fourth-order valence-electron chi connectivity index (χ4n) is 0.864. The first-order valence-corrected chi connectivity index (χ1v) is 5.26. The molecule has 0 aliphatic heterocycles. The molecule has 0 aromatic heterocycles. The molecular weight excluding hydrogens is 335 g/mol. The third-order valence-electron chi connectivity index (χ3n) is 1.43. The summed E-state index contributed by atoms with van der Waals surface area (Å²) in [6.07, 6.45) is 0.633. The number of hydrogen-bond donors (Lipinski definition) is 2. The van der Waals surface area contributed by atoms with Crippen LogP contribution >= 0.6 is 31.9 Å². The van der Waals surface area contributed by atoms with Crippen LogP contribution in [0.1, 0.15) is 0 Å². The first-order valence-electron chi connectivity index (χ1n) is 3.67. The van der Waals surface area contributed by atoms with Gasteiger partial charge in [0.2, 0.25) is 0 Å². The normalized spacial score (nSPS) is 10.6. The van der Waals surface area contributed by atoms with E-state index in [4.69, 9.17) is 5.21 Å². The molecule has 0 unspecified atom stereocenters. The second-order valence-electron chi connectivity index (χ2n) is 2.48. The molecule has 0 aliphatic carbocycles. The number of carbonyl (C=O) groups is 1. The van der Waals surface area contributed by atoms with E-state index in [0.717, 1.165) is 0 Å². The SMILES string of the molecule is O=C(C=NO)Nc1cc(Br)cc(Br)c1F. The maximum atomic E-state index is 13.4. The Hall–Kier alpha value is -0.950. The van der Waals surface area contributed by atoms with Crippen LogP contribution in [0.3, 0.4) is 0 Å². The summed E-state index contributed by atoms with van der Waals surface area (Å²) in [5.41, 5.74) is -0.0128. The summed E-state index contributed by atoms with van der Waals surface area (Å²) >= 11 is 6.13. The molecular formula is C8H5Br2FN2O2. The van der Waals surface area contributed by atoms with Crippen molar-refractivity contribution >= 4 is 49.7 Å². The summed E-state index contributed by atoms with van der Waals surface area (Å²) in [5.74, 6) is -1.32. The minimum atomic E-state index is -0.721. The quantitative estimate of drug-likeness (QED) is 0.376. The number of amides is 1. The molecule has 0 heterocycles. The van der Waals surface area contributed by atoms with Crippen molar-refractivity contribution in [1.82, 2.24) is 0 Å². The molecule has 0 atom stereocenters. The van der Waals surface area contributed by atoms with Crippen LogP contribution in [0, 0.1) is 5.82 Å². The van der Waals surface area contributed by atoms with E-state index in [0.29, 0.717) is 10.7 Å². The first-order chi connectivity index (χ1) is 7.04. The van der Waals surface area contributed by atoms with E-state index < -0.39 is 11.7 Å². The van der Waals surface area contributed by atoms with Crippen LogP contribution in [0.4, 0.5) is 10.1 Å². The molecule has 1 rings (SSSR count). The lowest BCUT2D eigenvalue weighted by Crippen LogP contribution is -2.13. The number of nitrogens with one attached hydrogen (secondary N) is 1. The third kappa shape index (κ3) is 3.28. The Labute approximate surface area is 101 Å². The van der Waals surface area contributed by atoms with Crippen LogP contribution < -0.4 is 5.32 Å². The van der Waals surface area contributed by atoms with E-state index in [9.17, 15) is 9.18 Å². The molecule has 1 aromatic rings. The number of halogens is 3. The van der Waals surface area contributed by atoms with Gasteiger partial charge in [-0.1, -0.05) is 21.1 Å². The molecule has 0 fully saturated rings. The van der Waals surface area contributed by atoms with Crippen molar-refractivity contribution in [2.45, 2.75) is 0 Å². The van der Waals surface area contributed by atoms with Crippen LogP contribution in [0.25, 0.3) is 0 Å². The number of hydrogen-bond acceptors (Lipinski definition) is 3. The lowest BCUT2D eigenvalue weighted by atomic mass is 10.3. The van der Waals surface area contributed by atoms with E-state index in [-0.39, 0.29) is 10.2 Å². The van der Waals surface area contributed by atoms with Crippen molar-refractivity contribution in [2.75, 3.05) is 5.32 Å². The van der Waals surface area contributed by atoms with Crippen molar-refractivity contribution in [2.24, 2.45) is 5.16 Å². The second kappa shape index (κ2) is 5.22. The molecule has 1 aromatic carbocycles. The first kappa shape index (κ1) is 12.1. The van der Waals surface area contributed by atoms with Gasteiger partial charge in [0.25, 0.3) is 5.91 Å². The maximum absolute atomic E-state index is 13.4. The van der Waals surface area contributed by atoms with Gasteiger partial charge in [-0.05, 0) is 28.1 Å². The molecule has 0 saturated carbocycles. The minimum absolute atomic E-state index is 0.0128. The summed E-state index contributed by atoms with van der Waals surface area (Å²) in [5, 5.41) is 12.8. The fraction of sp³-hybridized carbons (Fsp3) is 0. The monoisotopic (exact) mass is 338 g/mol. The van der Waals surface area contributed by atoms with Gasteiger partial charge < -0.3 is 10.5 Å². The topological polar surface area (TPSA) is 61.7 Å². The Morgan fingerprint density at radius 1 is 1.53 bits per heavy atom. The standard InChI is InChI=1S/C8H5Br2FN2O2/c9-4-1-5(10)8(11)6(2-4)13-7(14)3-12-15/h1-3,15H,(H,13,14). The third-order valence-corrected chi connectivity index (χ3v) is 2.46. The number of carbonyl (C=O) groups excluding carboxylic acids is 1. The molecule has 0 aliphatic rings. The maximum Gasteiger partial charge on any atom is 0.270 e. The zero-order valence-electron chi connectivity index (χ0n) is 7.17. The zero-order chi connectivity index (χ0) is 11.4. The summed E-state index contributed by atoms with van der Waals surface area (Å²) < 4.78 is 14.2. The summed E-state index contributed by atoms with van der Waals surface area (Å²) in [6.45, 7) is 0. The average molecular weight is 340 g/mol. The molecule has 2 N–H and O–H groups in total. The Bertz CT molecular complexity index is 423. The van der Waals surface area contributed by atoms with E-state index in [1.807, 2.05) is 0 Å². The molecule has 15 heavy (non-hydrogen) atoms. The molecule has 1 amide bonds. The second-order valence-corrected chi connectivity index (χ2v) is 4.25. The Kier molecular flexibility index (Phi) is 4.22. The highest BCUT2D eigenvalue weighted by Crippen LogP contribution is 2.27. The largest absolute Gasteiger partial charge is 0.411 e. The number of oxime groups is 1. The number of nitrogens with zero attached hydrogens (tertiary/aromatic N) is 1. The van der Waals surface area contributed by atoms with Crippen molar-refractivity contribution in [1.29, 1.82) is 0 Å². The highest BCUT2D eigenvalue weighted by molar-refractivity contribution is 9.11. The minimum Gasteiger partial charge on any atom is -0.411 e. The summed E-state index contributed by atoms with van der Waals surface area (Å²) in [6, 6.07) is 2.90. The van der Waals surface area contributed by atoms with Crippen LogP contribution in [0.15, 0.2) is 26.2 Å². The van der Waals surface area contributed by atoms with Gasteiger partial charge in [0, 0.05) is 4.47 Å². The fourth-order valence-corrected chi connectivity index (χ4v) is 2.09. The van der Waals surface area contributed by atoms with E-state index >= 15 is 0 Å². The number of anilines is 1. The molecule has 4 nitrogen and oxygen atoms in total. The van der Waals surface area contributed by atoms with Gasteiger partial charge in [-0.15, -0.1) is 0 Å². The Morgan fingerprint density at radius 3 is 2.80 bits per heavy atom. The van der Waals surface area contributed by atoms with Crippen LogP contribution in [-0.2, 0) is 4.79 Å². The van der Waals surface area contributed by atoms with Gasteiger partial charge in [0.15, 0.2) is 5.82 Å². The van der Waals surface area contributed by atoms with Gasteiger partial charge in [0.05, 0.1) is 10.2 Å². The average Bonchev–Trinajstić information content (AvgIpc) is 2.13. The molecule has 0 radical (unpaired) electrons. The molecule has 0 bridgehead atoms. The van der Waals surface area contributed by atoms with E-state index in [2.05, 4.69) is 42.3 Å². The molecule has 0 saturated heterocycles. The van der Waals surface area contributed by atoms with E-state index in [1.165, 1.54) is 12.1 Å². The van der Waals surface area contributed by atoms with Crippen LogP contribution in [0.2, 0.25) is 0 Å². The number of benzene rings is 1. The van der Waals surface area contributed by atoms with Gasteiger partial charge in [-0.3, -0.25) is 4.79 Å². The predicted octanol–water partition coefficient (Wildman–Crippen LogP) is 2.75. The van der Waals surface area contributed by atoms with Crippen molar-refractivity contribution in [3.8, 4) is 0 Å². The molecule has 0 spiro atoms. The smallest absolute Gasteiger partial charge is 0.270 e. The Morgan fingerprint density at radius 2 is 2.20 bits per heavy atom. The van der Waals surface area contributed by atoms with Crippen LogP contribution in [-0.4, -0.2) is 17.3 Å². The van der Waals surface area contributed by atoms with E-state index in [1.54, 1.807) is 0 Å². The van der Waals surface area contributed by atoms with Gasteiger partial charge in [0.1, 0.15) is 6.21 Å². The van der Waals surface area contributed by atoms with Gasteiger partial charge in [-0.2, -0.15) is 0 Å². The van der Waals surface area contributed by atoms with Gasteiger partial charge in [-0.25, -0.2) is 4.39 Å². The number of rotatable bonds is 2. The summed E-state index contributed by atoms with van der Waals surface area (Å²) in [4.78, 5) is 11.0. The molecule has 7 heteroatoms. The zero-order valence-corrected chi connectivity index (χ0v) is 10.3. The van der Waals surface area contributed by atoms with Crippen molar-refractivity contribution in [3.63, 3.8) is 0 Å². The van der Waals surface area contributed by atoms with Crippen molar-refractivity contribution in [3.05, 3.63) is 26.9 Å². The lowest BCUT2D eigenvalue weighted by Gasteiger charge is -2.05. The predicted molar refractivity (Wildman–Crippen MR) is 60.7 cm³/mol.